The summed E-state index contributed by atoms with van der Waals surface area (Å²) in [7, 11) is 1.96. The molecular weight excluding hydrogens is 184 g/mol. The molecule has 0 aliphatic heterocycles. The highest BCUT2D eigenvalue weighted by atomic mass is 15.2. The van der Waals surface area contributed by atoms with E-state index < -0.39 is 0 Å². The van der Waals surface area contributed by atoms with Crippen LogP contribution in [0.1, 0.15) is 33.3 Å². The second kappa shape index (κ2) is 7.04. The van der Waals surface area contributed by atoms with Gasteiger partial charge in [0, 0.05) is 12.4 Å². The van der Waals surface area contributed by atoms with Gasteiger partial charge in [-0.25, -0.2) is 0 Å². The Labute approximate surface area is 92.9 Å². The van der Waals surface area contributed by atoms with Gasteiger partial charge in [-0.3, -0.25) is 4.68 Å². The standard InChI is InChI=1S/C9H10N2.2C2H6/c1-7-3-4-9-8(5-7)6-10-11(9)2;2*1-2/h3-6H,1-2H3;2*1-2H3. The van der Waals surface area contributed by atoms with Crippen molar-refractivity contribution in [2.75, 3.05) is 0 Å². The summed E-state index contributed by atoms with van der Waals surface area (Å²) in [5, 5.41) is 5.37. The van der Waals surface area contributed by atoms with E-state index in [1.807, 2.05) is 45.6 Å². The first-order chi connectivity index (χ1) is 7.27. The van der Waals surface area contributed by atoms with Crippen LogP contribution >= 0.6 is 0 Å². The number of hydrogen-bond donors (Lipinski definition) is 0. The molecule has 1 heterocycles. The Balaban J connectivity index is 0.000000442. The van der Waals surface area contributed by atoms with Crippen LogP contribution in [0, 0.1) is 6.92 Å². The number of hydrogen-bond acceptors (Lipinski definition) is 1. The van der Waals surface area contributed by atoms with Crippen LogP contribution in [0.5, 0.6) is 0 Å². The van der Waals surface area contributed by atoms with Gasteiger partial charge in [0.2, 0.25) is 0 Å². The van der Waals surface area contributed by atoms with E-state index in [9.17, 15) is 0 Å². The molecule has 1 aromatic carbocycles. The monoisotopic (exact) mass is 206 g/mol. The van der Waals surface area contributed by atoms with E-state index in [-0.39, 0.29) is 0 Å². The highest BCUT2D eigenvalue weighted by Gasteiger charge is 1.96. The van der Waals surface area contributed by atoms with Crippen molar-refractivity contribution in [1.82, 2.24) is 9.78 Å². The maximum absolute atomic E-state index is 4.15. The van der Waals surface area contributed by atoms with E-state index in [1.165, 1.54) is 16.5 Å². The Kier molecular flexibility index (Phi) is 6.43. The first-order valence-corrected chi connectivity index (χ1v) is 5.66. The highest BCUT2D eigenvalue weighted by molar-refractivity contribution is 5.79. The lowest BCUT2D eigenvalue weighted by Crippen LogP contribution is -1.87. The molecule has 0 radical (unpaired) electrons. The van der Waals surface area contributed by atoms with Crippen molar-refractivity contribution in [3.05, 3.63) is 30.0 Å². The third-order valence-corrected chi connectivity index (χ3v) is 1.90. The molecule has 2 nitrogen and oxygen atoms in total. The molecule has 0 amide bonds. The number of benzene rings is 1. The van der Waals surface area contributed by atoms with Gasteiger partial charge in [0.1, 0.15) is 0 Å². The minimum Gasteiger partial charge on any atom is -0.268 e. The molecule has 0 unspecified atom stereocenters. The lowest BCUT2D eigenvalue weighted by atomic mass is 10.2. The molecule has 2 heteroatoms. The molecule has 0 fully saturated rings. The molecule has 0 spiro atoms. The fourth-order valence-corrected chi connectivity index (χ4v) is 1.28. The maximum Gasteiger partial charge on any atom is 0.0679 e. The van der Waals surface area contributed by atoms with Crippen LogP contribution in [0.4, 0.5) is 0 Å². The predicted molar refractivity (Wildman–Crippen MR) is 68.1 cm³/mol. The molecular formula is C13H22N2. The molecule has 0 atom stereocenters. The number of fused-ring (bicyclic) bond motifs is 1. The average Bonchev–Trinajstić information content (AvgIpc) is 2.65. The minimum absolute atomic E-state index is 1.19. The number of rotatable bonds is 0. The van der Waals surface area contributed by atoms with E-state index in [0.717, 1.165) is 0 Å². The summed E-state index contributed by atoms with van der Waals surface area (Å²) >= 11 is 0. The topological polar surface area (TPSA) is 17.8 Å². The second-order valence-electron chi connectivity index (χ2n) is 2.83. The second-order valence-corrected chi connectivity index (χ2v) is 2.83. The van der Waals surface area contributed by atoms with Gasteiger partial charge in [-0.15, -0.1) is 0 Å². The van der Waals surface area contributed by atoms with Crippen LogP contribution in [-0.4, -0.2) is 9.78 Å². The Morgan fingerprint density at radius 1 is 1.07 bits per heavy atom. The molecule has 2 aromatic rings. The van der Waals surface area contributed by atoms with Crippen molar-refractivity contribution in [1.29, 1.82) is 0 Å². The lowest BCUT2D eigenvalue weighted by molar-refractivity contribution is 0.797. The van der Waals surface area contributed by atoms with Crippen molar-refractivity contribution in [3.8, 4) is 0 Å². The van der Waals surface area contributed by atoms with Gasteiger partial charge in [0.15, 0.2) is 0 Å². The zero-order chi connectivity index (χ0) is 11.8. The third-order valence-electron chi connectivity index (χ3n) is 1.90. The van der Waals surface area contributed by atoms with Crippen molar-refractivity contribution < 1.29 is 0 Å². The van der Waals surface area contributed by atoms with Crippen LogP contribution in [0.15, 0.2) is 24.4 Å². The van der Waals surface area contributed by atoms with Gasteiger partial charge in [-0.2, -0.15) is 5.10 Å². The van der Waals surface area contributed by atoms with Crippen LogP contribution in [0.3, 0.4) is 0 Å². The van der Waals surface area contributed by atoms with E-state index >= 15 is 0 Å². The lowest BCUT2D eigenvalue weighted by Gasteiger charge is -1.93. The normalized spacial score (nSPS) is 8.67. The van der Waals surface area contributed by atoms with E-state index in [2.05, 4.69) is 30.2 Å². The number of nitrogens with zero attached hydrogens (tertiary/aromatic N) is 2. The van der Waals surface area contributed by atoms with Gasteiger partial charge in [0.05, 0.1) is 11.7 Å². The average molecular weight is 206 g/mol. The molecule has 2 rings (SSSR count). The van der Waals surface area contributed by atoms with Gasteiger partial charge >= 0.3 is 0 Å². The minimum atomic E-state index is 1.19. The zero-order valence-corrected chi connectivity index (χ0v) is 10.7. The van der Waals surface area contributed by atoms with Crippen molar-refractivity contribution in [2.45, 2.75) is 34.6 Å². The summed E-state index contributed by atoms with van der Waals surface area (Å²) in [6, 6.07) is 6.34. The fourth-order valence-electron chi connectivity index (χ4n) is 1.28. The van der Waals surface area contributed by atoms with Crippen LogP contribution < -0.4 is 0 Å². The predicted octanol–water partition coefficient (Wildman–Crippen LogP) is 3.93. The molecule has 0 aliphatic rings. The quantitative estimate of drug-likeness (QED) is 0.638. The summed E-state index contributed by atoms with van der Waals surface area (Å²) in [6.45, 7) is 10.1. The third kappa shape index (κ3) is 3.39. The largest absolute Gasteiger partial charge is 0.268 e. The molecule has 0 saturated carbocycles. The van der Waals surface area contributed by atoms with Crippen molar-refractivity contribution >= 4 is 10.9 Å². The molecule has 1 aromatic heterocycles. The van der Waals surface area contributed by atoms with Crippen molar-refractivity contribution in [3.63, 3.8) is 0 Å². The van der Waals surface area contributed by atoms with E-state index in [1.54, 1.807) is 0 Å². The van der Waals surface area contributed by atoms with Crippen LogP contribution in [0.2, 0.25) is 0 Å². The fraction of sp³-hybridized carbons (Fsp3) is 0.462. The van der Waals surface area contributed by atoms with Gasteiger partial charge in [-0.05, 0) is 19.1 Å². The summed E-state index contributed by atoms with van der Waals surface area (Å²) in [4.78, 5) is 0. The molecule has 0 saturated heterocycles. The molecule has 0 N–H and O–H groups in total. The van der Waals surface area contributed by atoms with E-state index in [0.29, 0.717) is 0 Å². The smallest absolute Gasteiger partial charge is 0.0679 e. The van der Waals surface area contributed by atoms with Gasteiger partial charge in [-0.1, -0.05) is 39.3 Å². The Morgan fingerprint density at radius 2 is 1.67 bits per heavy atom. The maximum atomic E-state index is 4.15. The number of aryl methyl sites for hydroxylation is 2. The molecule has 15 heavy (non-hydrogen) atoms. The summed E-state index contributed by atoms with van der Waals surface area (Å²) in [6.07, 6.45) is 1.89. The summed E-state index contributed by atoms with van der Waals surface area (Å²) in [5.74, 6) is 0. The first kappa shape index (κ1) is 13.7. The molecule has 0 bridgehead atoms. The Hall–Kier alpha value is -1.31. The highest BCUT2D eigenvalue weighted by Crippen LogP contribution is 2.13. The molecule has 0 aliphatic carbocycles. The SMILES string of the molecule is CC.CC.Cc1ccc2c(cnn2C)c1. The summed E-state index contributed by atoms with van der Waals surface area (Å²) in [5.41, 5.74) is 2.47. The van der Waals surface area contributed by atoms with Gasteiger partial charge in [0.25, 0.3) is 0 Å². The Bertz CT molecular complexity index is 388. The Morgan fingerprint density at radius 3 is 2.27 bits per heavy atom. The first-order valence-electron chi connectivity index (χ1n) is 5.66. The van der Waals surface area contributed by atoms with Crippen LogP contribution in [-0.2, 0) is 7.05 Å². The summed E-state index contributed by atoms with van der Waals surface area (Å²) < 4.78 is 1.88. The molecule has 84 valence electrons. The van der Waals surface area contributed by atoms with E-state index in [4.69, 9.17) is 0 Å². The zero-order valence-electron chi connectivity index (χ0n) is 10.7. The number of aromatic nitrogens is 2. The van der Waals surface area contributed by atoms with Crippen LogP contribution in [0.25, 0.3) is 10.9 Å². The van der Waals surface area contributed by atoms with Gasteiger partial charge < -0.3 is 0 Å². The van der Waals surface area contributed by atoms with Crippen molar-refractivity contribution in [2.24, 2.45) is 7.05 Å².